The molecule has 0 amide bonds. The third-order valence-corrected chi connectivity index (χ3v) is 5.01. The SMILES string of the molecule is CCN(CC1CC(C)(C)CCC1NC)C(C)CN(C)C. The van der Waals surface area contributed by atoms with Crippen LogP contribution in [0.3, 0.4) is 0 Å². The summed E-state index contributed by atoms with van der Waals surface area (Å²) in [5, 5.41) is 3.56. The van der Waals surface area contributed by atoms with E-state index >= 15 is 0 Å². The number of likely N-dealkylation sites (N-methyl/N-ethyl adjacent to an activating group) is 2. The zero-order valence-corrected chi connectivity index (χ0v) is 14.9. The van der Waals surface area contributed by atoms with Crippen LogP contribution in [0.25, 0.3) is 0 Å². The van der Waals surface area contributed by atoms with Crippen LogP contribution in [0.2, 0.25) is 0 Å². The molecule has 3 atom stereocenters. The first-order valence-corrected chi connectivity index (χ1v) is 8.35. The van der Waals surface area contributed by atoms with Crippen LogP contribution in [-0.2, 0) is 0 Å². The Balaban J connectivity index is 2.65. The van der Waals surface area contributed by atoms with Gasteiger partial charge in [0.2, 0.25) is 0 Å². The predicted molar refractivity (Wildman–Crippen MR) is 89.2 cm³/mol. The number of nitrogens with one attached hydrogen (secondary N) is 1. The van der Waals surface area contributed by atoms with E-state index in [0.717, 1.165) is 19.0 Å². The summed E-state index contributed by atoms with van der Waals surface area (Å²) >= 11 is 0. The van der Waals surface area contributed by atoms with E-state index in [1.54, 1.807) is 0 Å². The summed E-state index contributed by atoms with van der Waals surface area (Å²) in [6, 6.07) is 1.33. The average molecular weight is 284 g/mol. The smallest absolute Gasteiger partial charge is 0.0194 e. The van der Waals surface area contributed by atoms with Crippen LogP contribution in [0.1, 0.15) is 47.0 Å². The summed E-state index contributed by atoms with van der Waals surface area (Å²) in [5.41, 5.74) is 0.516. The van der Waals surface area contributed by atoms with Crippen LogP contribution >= 0.6 is 0 Å². The summed E-state index contributed by atoms with van der Waals surface area (Å²) in [6.07, 6.45) is 4.03. The Bertz CT molecular complexity index is 275. The highest BCUT2D eigenvalue weighted by Crippen LogP contribution is 2.39. The second-order valence-electron chi connectivity index (χ2n) is 7.76. The van der Waals surface area contributed by atoms with Gasteiger partial charge in [0.25, 0.3) is 0 Å². The molecule has 1 aliphatic rings. The summed E-state index contributed by atoms with van der Waals surface area (Å²) in [6.45, 7) is 13.1. The van der Waals surface area contributed by atoms with E-state index in [4.69, 9.17) is 0 Å². The van der Waals surface area contributed by atoms with Crippen LogP contribution in [0.4, 0.5) is 0 Å². The minimum Gasteiger partial charge on any atom is -0.317 e. The van der Waals surface area contributed by atoms with Crippen LogP contribution in [0.5, 0.6) is 0 Å². The monoisotopic (exact) mass is 283 g/mol. The van der Waals surface area contributed by atoms with E-state index in [9.17, 15) is 0 Å². The second kappa shape index (κ2) is 7.77. The Morgan fingerprint density at radius 1 is 1.30 bits per heavy atom. The molecule has 1 aliphatic carbocycles. The molecule has 0 aromatic carbocycles. The maximum atomic E-state index is 3.56. The van der Waals surface area contributed by atoms with Gasteiger partial charge in [0.1, 0.15) is 0 Å². The maximum absolute atomic E-state index is 3.56. The molecule has 1 N–H and O–H groups in total. The Hall–Kier alpha value is -0.120. The van der Waals surface area contributed by atoms with Crippen LogP contribution < -0.4 is 5.32 Å². The van der Waals surface area contributed by atoms with Gasteiger partial charge in [-0.1, -0.05) is 20.8 Å². The first-order valence-electron chi connectivity index (χ1n) is 8.35. The number of hydrogen-bond acceptors (Lipinski definition) is 3. The Morgan fingerprint density at radius 3 is 2.45 bits per heavy atom. The summed E-state index contributed by atoms with van der Waals surface area (Å²) < 4.78 is 0. The van der Waals surface area contributed by atoms with Crippen molar-refractivity contribution in [2.24, 2.45) is 11.3 Å². The topological polar surface area (TPSA) is 18.5 Å². The van der Waals surface area contributed by atoms with Crippen LogP contribution in [-0.4, -0.2) is 62.7 Å². The van der Waals surface area contributed by atoms with Crippen LogP contribution in [0.15, 0.2) is 0 Å². The van der Waals surface area contributed by atoms with Gasteiger partial charge >= 0.3 is 0 Å². The summed E-state index contributed by atoms with van der Waals surface area (Å²) in [4.78, 5) is 4.96. The molecular formula is C17H37N3. The zero-order valence-electron chi connectivity index (χ0n) is 14.9. The molecule has 120 valence electrons. The normalized spacial score (nSPS) is 28.1. The molecule has 3 nitrogen and oxygen atoms in total. The molecule has 0 heterocycles. The fourth-order valence-electron chi connectivity index (χ4n) is 3.87. The first-order chi connectivity index (χ1) is 9.29. The fourth-order valence-corrected chi connectivity index (χ4v) is 3.87. The molecule has 0 radical (unpaired) electrons. The van der Waals surface area contributed by atoms with E-state index in [-0.39, 0.29) is 0 Å². The lowest BCUT2D eigenvalue weighted by molar-refractivity contribution is 0.0829. The minimum absolute atomic E-state index is 0.516. The largest absolute Gasteiger partial charge is 0.317 e. The number of hydrogen-bond donors (Lipinski definition) is 1. The number of nitrogens with zero attached hydrogens (tertiary/aromatic N) is 2. The quantitative estimate of drug-likeness (QED) is 0.775. The van der Waals surface area contributed by atoms with Gasteiger partial charge in [-0.15, -0.1) is 0 Å². The van der Waals surface area contributed by atoms with Crippen molar-refractivity contribution >= 4 is 0 Å². The van der Waals surface area contributed by atoms with Crippen molar-refractivity contribution in [3.8, 4) is 0 Å². The van der Waals surface area contributed by atoms with Gasteiger partial charge < -0.3 is 10.2 Å². The molecule has 0 saturated heterocycles. The van der Waals surface area contributed by atoms with E-state index in [1.165, 1.54) is 25.8 Å². The van der Waals surface area contributed by atoms with Crippen molar-refractivity contribution < 1.29 is 0 Å². The molecule has 3 unspecified atom stereocenters. The third-order valence-electron chi connectivity index (χ3n) is 5.01. The Kier molecular flexibility index (Phi) is 6.96. The lowest BCUT2D eigenvalue weighted by atomic mass is 9.69. The van der Waals surface area contributed by atoms with Gasteiger partial charge in [0, 0.05) is 25.2 Å². The third kappa shape index (κ3) is 5.34. The van der Waals surface area contributed by atoms with E-state index in [0.29, 0.717) is 17.5 Å². The van der Waals surface area contributed by atoms with E-state index in [2.05, 4.69) is 64.0 Å². The molecule has 1 saturated carbocycles. The molecule has 1 rings (SSSR count). The van der Waals surface area contributed by atoms with Crippen molar-refractivity contribution in [1.82, 2.24) is 15.1 Å². The van der Waals surface area contributed by atoms with Crippen LogP contribution in [0, 0.1) is 11.3 Å². The van der Waals surface area contributed by atoms with Gasteiger partial charge in [0.15, 0.2) is 0 Å². The van der Waals surface area contributed by atoms with Crippen molar-refractivity contribution in [2.75, 3.05) is 40.8 Å². The highest BCUT2D eigenvalue weighted by molar-refractivity contribution is 4.90. The highest BCUT2D eigenvalue weighted by Gasteiger charge is 2.35. The van der Waals surface area contributed by atoms with Crippen molar-refractivity contribution in [1.29, 1.82) is 0 Å². The number of rotatable bonds is 7. The molecule has 0 spiro atoms. The molecular weight excluding hydrogens is 246 g/mol. The van der Waals surface area contributed by atoms with E-state index in [1.807, 2.05) is 0 Å². The molecule has 1 fully saturated rings. The van der Waals surface area contributed by atoms with E-state index < -0.39 is 0 Å². The Morgan fingerprint density at radius 2 is 1.95 bits per heavy atom. The van der Waals surface area contributed by atoms with Crippen molar-refractivity contribution in [3.63, 3.8) is 0 Å². The van der Waals surface area contributed by atoms with Gasteiger partial charge in [-0.25, -0.2) is 0 Å². The van der Waals surface area contributed by atoms with Gasteiger partial charge in [0.05, 0.1) is 0 Å². The summed E-state index contributed by atoms with van der Waals surface area (Å²) in [7, 11) is 6.48. The highest BCUT2D eigenvalue weighted by atomic mass is 15.2. The molecule has 3 heteroatoms. The van der Waals surface area contributed by atoms with Gasteiger partial charge in [-0.05, 0) is 65.2 Å². The predicted octanol–water partition coefficient (Wildman–Crippen LogP) is 2.67. The Labute approximate surface area is 127 Å². The molecule has 0 bridgehead atoms. The lowest BCUT2D eigenvalue weighted by Crippen LogP contribution is -2.49. The molecule has 0 aliphatic heterocycles. The maximum Gasteiger partial charge on any atom is 0.0194 e. The molecule has 0 aromatic rings. The molecule has 20 heavy (non-hydrogen) atoms. The average Bonchev–Trinajstić information content (AvgIpc) is 2.34. The van der Waals surface area contributed by atoms with Gasteiger partial charge in [-0.2, -0.15) is 0 Å². The van der Waals surface area contributed by atoms with Crippen molar-refractivity contribution in [2.45, 2.75) is 59.0 Å². The second-order valence-corrected chi connectivity index (χ2v) is 7.76. The first kappa shape index (κ1) is 17.9. The summed E-state index contributed by atoms with van der Waals surface area (Å²) in [5.74, 6) is 0.785. The van der Waals surface area contributed by atoms with Crippen molar-refractivity contribution in [3.05, 3.63) is 0 Å². The fraction of sp³-hybridized carbons (Fsp3) is 1.00. The zero-order chi connectivity index (χ0) is 15.3. The van der Waals surface area contributed by atoms with Gasteiger partial charge in [-0.3, -0.25) is 4.90 Å². The lowest BCUT2D eigenvalue weighted by Gasteiger charge is -2.44. The minimum atomic E-state index is 0.516. The standard InChI is InChI=1S/C17H37N3/c1-8-20(14(2)12-19(6)7)13-15-11-17(3,4)10-9-16(15)18-5/h14-16,18H,8-13H2,1-7H3. The molecule has 0 aromatic heterocycles.